The third-order valence-corrected chi connectivity index (χ3v) is 2.91. The molecule has 0 saturated heterocycles. The molecule has 0 aliphatic rings. The van der Waals surface area contributed by atoms with Crippen LogP contribution in [0.5, 0.6) is 0 Å². The van der Waals surface area contributed by atoms with Gasteiger partial charge in [0.2, 0.25) is 5.95 Å². The van der Waals surface area contributed by atoms with Gasteiger partial charge in [0, 0.05) is 3.57 Å². The van der Waals surface area contributed by atoms with Gasteiger partial charge in [-0.05, 0) is 41.0 Å². The molecule has 1 aromatic rings. The Labute approximate surface area is 76.6 Å². The van der Waals surface area contributed by atoms with E-state index in [1.54, 1.807) is 6.07 Å². The minimum Gasteiger partial charge on any atom is -0.212 e. The lowest BCUT2D eigenvalue weighted by Crippen LogP contribution is -1.87. The van der Waals surface area contributed by atoms with Crippen LogP contribution < -0.4 is 0 Å². The lowest BCUT2D eigenvalue weighted by molar-refractivity contribution is 0.571. The molecule has 0 atom stereocenters. The summed E-state index contributed by atoms with van der Waals surface area (Å²) in [6, 6.07) is 3.08. The average molecular weight is 269 g/mol. The first kappa shape index (κ1) is 8.26. The van der Waals surface area contributed by atoms with Gasteiger partial charge in [0.1, 0.15) is 5.03 Å². The molecule has 1 aromatic heterocycles. The molecule has 0 fully saturated rings. The molecule has 54 valence electrons. The van der Waals surface area contributed by atoms with Crippen molar-refractivity contribution in [3.05, 3.63) is 21.7 Å². The van der Waals surface area contributed by atoms with Crippen LogP contribution in [-0.4, -0.2) is 11.2 Å². The first-order chi connectivity index (χ1) is 4.74. The summed E-state index contributed by atoms with van der Waals surface area (Å²) < 4.78 is 13.4. The standard InChI is InChI=1S/C6H5FINS/c1-10-6-4(8)2-3-5(7)9-6/h2-3H,1H3. The van der Waals surface area contributed by atoms with Gasteiger partial charge in [-0.1, -0.05) is 0 Å². The Bertz CT molecular complexity index is 241. The Balaban J connectivity index is 3.09. The van der Waals surface area contributed by atoms with Gasteiger partial charge in [0.05, 0.1) is 0 Å². The van der Waals surface area contributed by atoms with Crippen molar-refractivity contribution in [2.24, 2.45) is 0 Å². The predicted octanol–water partition coefficient (Wildman–Crippen LogP) is 2.55. The van der Waals surface area contributed by atoms with Crippen LogP contribution in [0.1, 0.15) is 0 Å². The van der Waals surface area contributed by atoms with Crippen LogP contribution in [0.25, 0.3) is 0 Å². The molecule has 0 radical (unpaired) electrons. The number of halogens is 2. The quantitative estimate of drug-likeness (QED) is 0.441. The number of hydrogen-bond donors (Lipinski definition) is 0. The molecule has 10 heavy (non-hydrogen) atoms. The summed E-state index contributed by atoms with van der Waals surface area (Å²) >= 11 is 3.58. The van der Waals surface area contributed by atoms with E-state index < -0.39 is 5.95 Å². The molecule has 0 bridgehead atoms. The van der Waals surface area contributed by atoms with Crippen LogP contribution in [0.3, 0.4) is 0 Å². The molecule has 0 amide bonds. The van der Waals surface area contributed by atoms with Crippen molar-refractivity contribution in [3.63, 3.8) is 0 Å². The second kappa shape index (κ2) is 3.52. The molecule has 1 heterocycles. The number of aromatic nitrogens is 1. The first-order valence-electron chi connectivity index (χ1n) is 2.60. The second-order valence-electron chi connectivity index (χ2n) is 1.63. The average Bonchev–Trinajstić information content (AvgIpc) is 1.94. The minimum absolute atomic E-state index is 0.412. The van der Waals surface area contributed by atoms with Crippen LogP contribution in [0.15, 0.2) is 17.2 Å². The summed E-state index contributed by atoms with van der Waals surface area (Å²) in [5, 5.41) is 0.751. The van der Waals surface area contributed by atoms with Crippen molar-refractivity contribution >= 4 is 34.4 Å². The zero-order valence-electron chi connectivity index (χ0n) is 5.27. The van der Waals surface area contributed by atoms with Gasteiger partial charge in [-0.3, -0.25) is 0 Å². The summed E-state index contributed by atoms with van der Waals surface area (Å²) in [6.45, 7) is 0. The highest BCUT2D eigenvalue weighted by Gasteiger charge is 1.99. The van der Waals surface area contributed by atoms with E-state index in [1.165, 1.54) is 17.8 Å². The van der Waals surface area contributed by atoms with Gasteiger partial charge in [-0.2, -0.15) is 4.39 Å². The molecule has 0 saturated carbocycles. The maximum Gasteiger partial charge on any atom is 0.213 e. The van der Waals surface area contributed by atoms with Crippen molar-refractivity contribution in [1.82, 2.24) is 4.98 Å². The van der Waals surface area contributed by atoms with Gasteiger partial charge in [-0.15, -0.1) is 11.8 Å². The molecule has 0 unspecified atom stereocenters. The van der Waals surface area contributed by atoms with Gasteiger partial charge in [-0.25, -0.2) is 4.98 Å². The van der Waals surface area contributed by atoms with Crippen molar-refractivity contribution in [2.45, 2.75) is 5.03 Å². The molecule has 1 rings (SSSR count). The Morgan fingerprint density at radius 3 is 2.80 bits per heavy atom. The third kappa shape index (κ3) is 1.82. The lowest BCUT2D eigenvalue weighted by atomic mass is 10.5. The monoisotopic (exact) mass is 269 g/mol. The zero-order chi connectivity index (χ0) is 7.56. The zero-order valence-corrected chi connectivity index (χ0v) is 8.24. The fourth-order valence-electron chi connectivity index (χ4n) is 0.544. The Hall–Kier alpha value is 0.160. The number of nitrogens with zero attached hydrogens (tertiary/aromatic N) is 1. The van der Waals surface area contributed by atoms with E-state index in [4.69, 9.17) is 0 Å². The minimum atomic E-state index is -0.412. The SMILES string of the molecule is CSc1nc(F)ccc1I. The van der Waals surface area contributed by atoms with Crippen molar-refractivity contribution in [1.29, 1.82) is 0 Å². The van der Waals surface area contributed by atoms with Crippen LogP contribution in [0, 0.1) is 9.52 Å². The van der Waals surface area contributed by atoms with E-state index in [-0.39, 0.29) is 0 Å². The highest BCUT2D eigenvalue weighted by Crippen LogP contribution is 2.19. The van der Waals surface area contributed by atoms with Crippen LogP contribution in [-0.2, 0) is 0 Å². The smallest absolute Gasteiger partial charge is 0.212 e. The predicted molar refractivity (Wildman–Crippen MR) is 48.7 cm³/mol. The Morgan fingerprint density at radius 2 is 2.30 bits per heavy atom. The normalized spacial score (nSPS) is 9.90. The summed E-state index contributed by atoms with van der Waals surface area (Å²) in [6.07, 6.45) is 1.88. The summed E-state index contributed by atoms with van der Waals surface area (Å²) in [4.78, 5) is 3.68. The van der Waals surface area contributed by atoms with Crippen LogP contribution in [0.4, 0.5) is 4.39 Å². The van der Waals surface area contributed by atoms with E-state index in [0.29, 0.717) is 0 Å². The second-order valence-corrected chi connectivity index (χ2v) is 3.58. The molecule has 0 spiro atoms. The van der Waals surface area contributed by atoms with Gasteiger partial charge >= 0.3 is 0 Å². The van der Waals surface area contributed by atoms with E-state index in [0.717, 1.165) is 8.60 Å². The topological polar surface area (TPSA) is 12.9 Å². The largest absolute Gasteiger partial charge is 0.213 e. The van der Waals surface area contributed by atoms with E-state index >= 15 is 0 Å². The number of hydrogen-bond acceptors (Lipinski definition) is 2. The summed E-state index contributed by atoms with van der Waals surface area (Å²) in [5.41, 5.74) is 0. The van der Waals surface area contributed by atoms with Gasteiger partial charge < -0.3 is 0 Å². The molecular formula is C6H5FINS. The Morgan fingerprint density at radius 1 is 1.60 bits per heavy atom. The van der Waals surface area contributed by atoms with Crippen LogP contribution >= 0.6 is 34.4 Å². The molecule has 0 N–H and O–H groups in total. The molecule has 0 aliphatic heterocycles. The van der Waals surface area contributed by atoms with Crippen molar-refractivity contribution in [2.75, 3.05) is 6.26 Å². The van der Waals surface area contributed by atoms with Gasteiger partial charge in [0.15, 0.2) is 0 Å². The number of rotatable bonds is 1. The van der Waals surface area contributed by atoms with E-state index in [1.807, 2.05) is 6.26 Å². The molecule has 0 aliphatic carbocycles. The molecule has 0 aromatic carbocycles. The molecule has 1 nitrogen and oxygen atoms in total. The fraction of sp³-hybridized carbons (Fsp3) is 0.167. The Kier molecular flexibility index (Phi) is 2.91. The van der Waals surface area contributed by atoms with Crippen molar-refractivity contribution in [3.8, 4) is 0 Å². The summed E-state index contributed by atoms with van der Waals surface area (Å²) in [7, 11) is 0. The maximum absolute atomic E-state index is 12.4. The van der Waals surface area contributed by atoms with Crippen molar-refractivity contribution < 1.29 is 4.39 Å². The van der Waals surface area contributed by atoms with E-state index in [9.17, 15) is 4.39 Å². The molecular weight excluding hydrogens is 264 g/mol. The highest BCUT2D eigenvalue weighted by molar-refractivity contribution is 14.1. The van der Waals surface area contributed by atoms with Gasteiger partial charge in [0.25, 0.3) is 0 Å². The fourth-order valence-corrected chi connectivity index (χ4v) is 1.95. The molecule has 4 heteroatoms. The third-order valence-electron chi connectivity index (χ3n) is 0.973. The highest BCUT2D eigenvalue weighted by atomic mass is 127. The number of thioether (sulfide) groups is 1. The number of pyridine rings is 1. The lowest BCUT2D eigenvalue weighted by Gasteiger charge is -1.96. The summed E-state index contributed by atoms with van der Waals surface area (Å²) in [5.74, 6) is -0.412. The first-order valence-corrected chi connectivity index (χ1v) is 4.90. The van der Waals surface area contributed by atoms with E-state index in [2.05, 4.69) is 27.6 Å². The maximum atomic E-state index is 12.4. The van der Waals surface area contributed by atoms with Crippen LogP contribution in [0.2, 0.25) is 0 Å².